The van der Waals surface area contributed by atoms with Crippen molar-refractivity contribution in [3.63, 3.8) is 0 Å². The van der Waals surface area contributed by atoms with E-state index >= 15 is 0 Å². The molecular weight excluding hydrogens is 292 g/mol. The number of carbonyl (C=O) groups is 2. The molecule has 0 atom stereocenters. The molecule has 1 amide bonds. The lowest BCUT2D eigenvalue weighted by molar-refractivity contribution is -0.148. The van der Waals surface area contributed by atoms with Crippen LogP contribution in [0, 0.1) is 0 Å². The minimum atomic E-state index is -1.14. The van der Waals surface area contributed by atoms with Gasteiger partial charge in [0.15, 0.2) is 0 Å². The smallest absolute Gasteiger partial charge is 0.329 e. The maximum atomic E-state index is 12.5. The molecule has 21 heavy (non-hydrogen) atoms. The number of fused-ring (bicyclic) bond motifs is 1. The molecular formula is C15H13ClN2O3. The number of carboxylic acid groups (broad SMARTS) is 1. The quantitative estimate of drug-likeness (QED) is 0.854. The molecule has 0 spiro atoms. The molecule has 5 nitrogen and oxygen atoms in total. The van der Waals surface area contributed by atoms with Crippen LogP contribution in [0.4, 0.5) is 0 Å². The van der Waals surface area contributed by atoms with Crippen LogP contribution in [0.25, 0.3) is 10.9 Å². The van der Waals surface area contributed by atoms with E-state index in [9.17, 15) is 14.7 Å². The van der Waals surface area contributed by atoms with Gasteiger partial charge in [-0.15, -0.1) is 0 Å². The maximum absolute atomic E-state index is 12.5. The summed E-state index contributed by atoms with van der Waals surface area (Å²) in [5.74, 6) is -1.43. The fourth-order valence-corrected chi connectivity index (χ4v) is 2.74. The molecule has 2 N–H and O–H groups in total. The van der Waals surface area contributed by atoms with Crippen molar-refractivity contribution in [2.45, 2.75) is 24.8 Å². The van der Waals surface area contributed by atoms with E-state index in [2.05, 4.69) is 10.3 Å². The van der Waals surface area contributed by atoms with E-state index in [-0.39, 0.29) is 5.15 Å². The van der Waals surface area contributed by atoms with Gasteiger partial charge in [-0.05, 0) is 31.4 Å². The number of benzene rings is 1. The number of amides is 1. The third-order valence-electron chi connectivity index (χ3n) is 3.90. The van der Waals surface area contributed by atoms with Gasteiger partial charge in [-0.3, -0.25) is 4.79 Å². The van der Waals surface area contributed by atoms with Crippen molar-refractivity contribution in [2.24, 2.45) is 0 Å². The molecule has 108 valence electrons. The Balaban J connectivity index is 2.00. The van der Waals surface area contributed by atoms with E-state index in [0.717, 1.165) is 6.42 Å². The first kappa shape index (κ1) is 13.8. The van der Waals surface area contributed by atoms with Gasteiger partial charge in [0.05, 0.1) is 11.1 Å². The molecule has 1 aliphatic rings. The fraction of sp³-hybridized carbons (Fsp3) is 0.267. The minimum Gasteiger partial charge on any atom is -0.480 e. The van der Waals surface area contributed by atoms with Gasteiger partial charge in [0.2, 0.25) is 0 Å². The largest absolute Gasteiger partial charge is 0.480 e. The molecule has 1 aliphatic carbocycles. The van der Waals surface area contributed by atoms with Crippen LogP contribution in [-0.2, 0) is 4.79 Å². The van der Waals surface area contributed by atoms with Gasteiger partial charge in [-0.2, -0.15) is 0 Å². The van der Waals surface area contributed by atoms with E-state index in [1.54, 1.807) is 24.3 Å². The van der Waals surface area contributed by atoms with Gasteiger partial charge in [0, 0.05) is 5.39 Å². The van der Waals surface area contributed by atoms with E-state index in [1.165, 1.54) is 6.07 Å². The SMILES string of the molecule is O=C(NC1(C(=O)O)CCC1)c1cc(Cl)nc2ccccc12. The highest BCUT2D eigenvalue weighted by atomic mass is 35.5. The molecule has 2 aromatic rings. The second-order valence-electron chi connectivity index (χ2n) is 5.20. The first-order chi connectivity index (χ1) is 10.0. The Kier molecular flexibility index (Phi) is 3.29. The number of pyridine rings is 1. The van der Waals surface area contributed by atoms with Gasteiger partial charge in [0.25, 0.3) is 5.91 Å². The highest BCUT2D eigenvalue weighted by molar-refractivity contribution is 6.30. The zero-order chi connectivity index (χ0) is 15.0. The van der Waals surface area contributed by atoms with Crippen molar-refractivity contribution < 1.29 is 14.7 Å². The van der Waals surface area contributed by atoms with Gasteiger partial charge >= 0.3 is 5.97 Å². The summed E-state index contributed by atoms with van der Waals surface area (Å²) in [6.07, 6.45) is 1.69. The molecule has 1 aromatic carbocycles. The van der Waals surface area contributed by atoms with Gasteiger partial charge < -0.3 is 10.4 Å². The van der Waals surface area contributed by atoms with Crippen LogP contribution in [0.3, 0.4) is 0 Å². The summed E-state index contributed by atoms with van der Waals surface area (Å²) < 4.78 is 0. The highest BCUT2D eigenvalue weighted by Crippen LogP contribution is 2.33. The Labute approximate surface area is 125 Å². The molecule has 0 bridgehead atoms. The number of nitrogens with one attached hydrogen (secondary N) is 1. The third kappa shape index (κ3) is 2.34. The Morgan fingerprint density at radius 3 is 2.62 bits per heavy atom. The van der Waals surface area contributed by atoms with E-state index in [1.807, 2.05) is 0 Å². The Hall–Kier alpha value is -2.14. The molecule has 0 aliphatic heterocycles. The number of hydrogen-bond acceptors (Lipinski definition) is 3. The van der Waals surface area contributed by atoms with Gasteiger partial charge in [0.1, 0.15) is 10.7 Å². The second-order valence-corrected chi connectivity index (χ2v) is 5.59. The zero-order valence-electron chi connectivity index (χ0n) is 11.1. The summed E-state index contributed by atoms with van der Waals surface area (Å²) in [5.41, 5.74) is -0.195. The van der Waals surface area contributed by atoms with Crippen LogP contribution in [-0.4, -0.2) is 27.5 Å². The molecule has 0 unspecified atom stereocenters. The van der Waals surface area contributed by atoms with Crippen molar-refractivity contribution >= 4 is 34.4 Å². The molecule has 0 radical (unpaired) electrons. The topological polar surface area (TPSA) is 79.3 Å². The van der Waals surface area contributed by atoms with Crippen molar-refractivity contribution in [1.82, 2.24) is 10.3 Å². The van der Waals surface area contributed by atoms with Crippen molar-refractivity contribution in [3.05, 3.63) is 41.0 Å². The maximum Gasteiger partial charge on any atom is 0.329 e. The normalized spacial score (nSPS) is 16.2. The second kappa shape index (κ2) is 5.00. The average Bonchev–Trinajstić information content (AvgIpc) is 2.41. The third-order valence-corrected chi connectivity index (χ3v) is 4.09. The van der Waals surface area contributed by atoms with Crippen molar-refractivity contribution in [1.29, 1.82) is 0 Å². The average molecular weight is 305 g/mol. The summed E-state index contributed by atoms with van der Waals surface area (Å²) in [7, 11) is 0. The van der Waals surface area contributed by atoms with Gasteiger partial charge in [-0.1, -0.05) is 29.8 Å². The van der Waals surface area contributed by atoms with Crippen LogP contribution in [0.1, 0.15) is 29.6 Å². The summed E-state index contributed by atoms with van der Waals surface area (Å²) in [4.78, 5) is 28.0. The number of para-hydroxylation sites is 1. The van der Waals surface area contributed by atoms with E-state index in [0.29, 0.717) is 29.3 Å². The molecule has 0 saturated heterocycles. The predicted octanol–water partition coefficient (Wildman–Crippen LogP) is 2.63. The van der Waals surface area contributed by atoms with Crippen LogP contribution < -0.4 is 5.32 Å². The monoisotopic (exact) mass is 304 g/mol. The lowest BCUT2D eigenvalue weighted by atomic mass is 9.76. The Morgan fingerprint density at radius 1 is 1.29 bits per heavy atom. The van der Waals surface area contributed by atoms with Crippen LogP contribution >= 0.6 is 11.6 Å². The molecule has 1 saturated carbocycles. The summed E-state index contributed by atoms with van der Waals surface area (Å²) in [5, 5.41) is 12.8. The van der Waals surface area contributed by atoms with Crippen LogP contribution in [0.5, 0.6) is 0 Å². The molecule has 1 aromatic heterocycles. The molecule has 1 heterocycles. The molecule has 6 heteroatoms. The lowest BCUT2D eigenvalue weighted by Gasteiger charge is -2.38. The molecule has 1 fully saturated rings. The number of halogens is 1. The summed E-state index contributed by atoms with van der Waals surface area (Å²) in [6.45, 7) is 0. The molecule has 3 rings (SSSR count). The van der Waals surface area contributed by atoms with Crippen LogP contribution in [0.15, 0.2) is 30.3 Å². The Morgan fingerprint density at radius 2 is 2.00 bits per heavy atom. The number of hydrogen-bond donors (Lipinski definition) is 2. The highest BCUT2D eigenvalue weighted by Gasteiger charge is 2.45. The summed E-state index contributed by atoms with van der Waals surface area (Å²) in [6, 6.07) is 8.59. The van der Waals surface area contributed by atoms with E-state index < -0.39 is 17.4 Å². The fourth-order valence-electron chi connectivity index (χ4n) is 2.54. The van der Waals surface area contributed by atoms with E-state index in [4.69, 9.17) is 11.6 Å². The first-order valence-corrected chi connectivity index (χ1v) is 7.01. The standard InChI is InChI=1S/C15H13ClN2O3/c16-12-8-10(9-4-1-2-5-11(9)17-12)13(19)18-15(14(20)21)6-3-7-15/h1-2,4-5,8H,3,6-7H2,(H,18,19)(H,20,21). The Bertz CT molecular complexity index is 741. The van der Waals surface area contributed by atoms with Crippen molar-refractivity contribution in [2.75, 3.05) is 0 Å². The first-order valence-electron chi connectivity index (χ1n) is 6.63. The number of rotatable bonds is 3. The number of carbonyl (C=O) groups excluding carboxylic acids is 1. The number of aliphatic carboxylic acids is 1. The van der Waals surface area contributed by atoms with Crippen LogP contribution in [0.2, 0.25) is 5.15 Å². The summed E-state index contributed by atoms with van der Waals surface area (Å²) >= 11 is 5.94. The number of nitrogens with zero attached hydrogens (tertiary/aromatic N) is 1. The van der Waals surface area contributed by atoms with Crippen molar-refractivity contribution in [3.8, 4) is 0 Å². The lowest BCUT2D eigenvalue weighted by Crippen LogP contribution is -2.59. The number of aromatic nitrogens is 1. The predicted molar refractivity (Wildman–Crippen MR) is 78.4 cm³/mol. The minimum absolute atomic E-state index is 0.205. The van der Waals surface area contributed by atoms with Gasteiger partial charge in [-0.25, -0.2) is 9.78 Å². The zero-order valence-corrected chi connectivity index (χ0v) is 11.9. The number of carboxylic acids is 1.